The van der Waals surface area contributed by atoms with Crippen LogP contribution < -0.4 is 9.62 Å². The van der Waals surface area contributed by atoms with Crippen molar-refractivity contribution in [2.75, 3.05) is 22.4 Å². The Balaban J connectivity index is 1.45. The summed E-state index contributed by atoms with van der Waals surface area (Å²) in [7, 11) is -3.59. The number of hydrogen-bond acceptors (Lipinski definition) is 3. The molecule has 3 aromatic rings. The van der Waals surface area contributed by atoms with Crippen molar-refractivity contribution in [3.05, 3.63) is 69.7 Å². The molecule has 1 aliphatic carbocycles. The van der Waals surface area contributed by atoms with Gasteiger partial charge in [-0.15, -0.1) is 0 Å². The first kappa shape index (κ1) is 21.9. The lowest BCUT2D eigenvalue weighted by molar-refractivity contribution is -0.116. The van der Waals surface area contributed by atoms with Gasteiger partial charge in [0.1, 0.15) is 0 Å². The number of nitrogens with one attached hydrogen (secondary N) is 1. The first-order valence-electron chi connectivity index (χ1n) is 10.0. The van der Waals surface area contributed by atoms with Crippen LogP contribution in [-0.4, -0.2) is 27.1 Å². The molecule has 0 bridgehead atoms. The fraction of sp³-hybridized carbons (Fsp3) is 0.261. The third-order valence-electron chi connectivity index (χ3n) is 5.52. The summed E-state index contributed by atoms with van der Waals surface area (Å²) < 4.78 is 25.8. The molecular weight excluding hydrogens is 455 g/mol. The Labute approximate surface area is 192 Å². The highest BCUT2D eigenvalue weighted by Gasteiger charge is 2.21. The van der Waals surface area contributed by atoms with Crippen molar-refractivity contribution in [1.29, 1.82) is 0 Å². The second kappa shape index (κ2) is 8.69. The van der Waals surface area contributed by atoms with Gasteiger partial charge in [0.2, 0.25) is 15.9 Å². The number of carbonyl (C=O) groups excluding carboxylic acids is 1. The standard InChI is InChI=1S/C23H22Cl2N2O3S/c1-31(29,30)27(20-8-3-7-18(24)23(20)25)14-4-9-21(28)26-19-13-12-16-11-10-15-5-2-6-17(19)22(15)16/h2-3,5-8,12-13H,4,9-11,14H2,1H3,(H,26,28). The van der Waals surface area contributed by atoms with Crippen molar-refractivity contribution in [2.24, 2.45) is 0 Å². The van der Waals surface area contributed by atoms with Crippen molar-refractivity contribution in [3.8, 4) is 0 Å². The smallest absolute Gasteiger partial charge is 0.232 e. The average molecular weight is 477 g/mol. The molecule has 0 aromatic heterocycles. The highest BCUT2D eigenvalue weighted by molar-refractivity contribution is 7.92. The fourth-order valence-corrected chi connectivity index (χ4v) is 5.52. The molecule has 0 radical (unpaired) electrons. The molecule has 1 N–H and O–H groups in total. The number of sulfonamides is 1. The molecule has 0 heterocycles. The minimum absolute atomic E-state index is 0.121. The van der Waals surface area contributed by atoms with E-state index in [2.05, 4.69) is 17.4 Å². The molecule has 3 aromatic carbocycles. The average Bonchev–Trinajstić information content (AvgIpc) is 3.14. The Bertz CT molecular complexity index is 1270. The molecule has 162 valence electrons. The van der Waals surface area contributed by atoms with E-state index in [-0.39, 0.29) is 28.9 Å². The number of amides is 1. The predicted octanol–water partition coefficient (Wildman–Crippen LogP) is 5.43. The maximum absolute atomic E-state index is 12.6. The monoisotopic (exact) mass is 476 g/mol. The van der Waals surface area contributed by atoms with Gasteiger partial charge in [-0.2, -0.15) is 0 Å². The molecule has 0 saturated carbocycles. The van der Waals surface area contributed by atoms with Crippen LogP contribution in [-0.2, 0) is 27.7 Å². The summed E-state index contributed by atoms with van der Waals surface area (Å²) in [6.45, 7) is 0.121. The summed E-state index contributed by atoms with van der Waals surface area (Å²) in [6, 6.07) is 15.0. The summed E-state index contributed by atoms with van der Waals surface area (Å²) in [6.07, 6.45) is 3.67. The number of halogens is 2. The number of carbonyl (C=O) groups is 1. The first-order valence-corrected chi connectivity index (χ1v) is 12.6. The molecule has 8 heteroatoms. The van der Waals surface area contributed by atoms with E-state index >= 15 is 0 Å². The molecule has 1 amide bonds. The lowest BCUT2D eigenvalue weighted by atomic mass is 10.0. The molecule has 0 fully saturated rings. The van der Waals surface area contributed by atoms with Gasteiger partial charge in [-0.05, 0) is 54.0 Å². The second-order valence-electron chi connectivity index (χ2n) is 7.67. The zero-order chi connectivity index (χ0) is 22.2. The molecule has 0 saturated heterocycles. The van der Waals surface area contributed by atoms with Crippen molar-refractivity contribution in [1.82, 2.24) is 0 Å². The van der Waals surface area contributed by atoms with Gasteiger partial charge in [0.25, 0.3) is 0 Å². The van der Waals surface area contributed by atoms with E-state index in [1.165, 1.54) is 20.8 Å². The normalized spacial score (nSPS) is 12.9. The van der Waals surface area contributed by atoms with Gasteiger partial charge in [0.05, 0.1) is 22.0 Å². The van der Waals surface area contributed by atoms with E-state index in [9.17, 15) is 13.2 Å². The number of rotatable bonds is 7. The Morgan fingerprint density at radius 2 is 1.74 bits per heavy atom. The number of aryl methyl sites for hydroxylation is 2. The van der Waals surface area contributed by atoms with Crippen LogP contribution in [0.4, 0.5) is 11.4 Å². The molecule has 0 atom stereocenters. The maximum Gasteiger partial charge on any atom is 0.232 e. The zero-order valence-electron chi connectivity index (χ0n) is 17.0. The summed E-state index contributed by atoms with van der Waals surface area (Å²) in [4.78, 5) is 12.6. The minimum atomic E-state index is -3.59. The van der Waals surface area contributed by atoms with Gasteiger partial charge in [-0.1, -0.05) is 53.5 Å². The SMILES string of the molecule is CS(=O)(=O)N(CCCC(=O)Nc1ccc2c3c(cccc13)CC2)c1cccc(Cl)c1Cl. The molecule has 5 nitrogen and oxygen atoms in total. The van der Waals surface area contributed by atoms with Gasteiger partial charge < -0.3 is 5.32 Å². The summed E-state index contributed by atoms with van der Waals surface area (Å²) in [5, 5.41) is 5.72. The summed E-state index contributed by atoms with van der Waals surface area (Å²) in [5.74, 6) is -0.163. The van der Waals surface area contributed by atoms with Gasteiger partial charge in [0.15, 0.2) is 0 Å². The Morgan fingerprint density at radius 3 is 2.48 bits per heavy atom. The number of nitrogens with zero attached hydrogens (tertiary/aromatic N) is 1. The van der Waals surface area contributed by atoms with Crippen LogP contribution in [0.1, 0.15) is 24.0 Å². The third kappa shape index (κ3) is 4.52. The van der Waals surface area contributed by atoms with E-state index in [0.717, 1.165) is 30.2 Å². The molecular formula is C23H22Cl2N2O3S. The van der Waals surface area contributed by atoms with Gasteiger partial charge in [-0.3, -0.25) is 9.10 Å². The maximum atomic E-state index is 12.6. The topological polar surface area (TPSA) is 66.5 Å². The molecule has 1 aliphatic rings. The minimum Gasteiger partial charge on any atom is -0.326 e. The van der Waals surface area contributed by atoms with E-state index < -0.39 is 10.0 Å². The Hall–Kier alpha value is -2.28. The summed E-state index contributed by atoms with van der Waals surface area (Å²) >= 11 is 12.3. The van der Waals surface area contributed by atoms with E-state index in [0.29, 0.717) is 12.1 Å². The lowest BCUT2D eigenvalue weighted by Crippen LogP contribution is -2.31. The van der Waals surface area contributed by atoms with Gasteiger partial charge in [0, 0.05) is 24.0 Å². The van der Waals surface area contributed by atoms with Crippen LogP contribution in [0, 0.1) is 0 Å². The van der Waals surface area contributed by atoms with Crippen LogP contribution in [0.5, 0.6) is 0 Å². The van der Waals surface area contributed by atoms with Gasteiger partial charge in [-0.25, -0.2) is 8.42 Å². The molecule has 4 rings (SSSR count). The Morgan fingerprint density at radius 1 is 1.03 bits per heavy atom. The highest BCUT2D eigenvalue weighted by Crippen LogP contribution is 2.35. The molecule has 31 heavy (non-hydrogen) atoms. The van der Waals surface area contributed by atoms with Crippen LogP contribution in [0.2, 0.25) is 10.0 Å². The van der Waals surface area contributed by atoms with E-state index in [1.807, 2.05) is 18.2 Å². The van der Waals surface area contributed by atoms with Crippen LogP contribution in [0.15, 0.2) is 48.5 Å². The van der Waals surface area contributed by atoms with Gasteiger partial charge >= 0.3 is 0 Å². The number of hydrogen-bond donors (Lipinski definition) is 1. The first-order chi connectivity index (χ1) is 14.8. The van der Waals surface area contributed by atoms with Crippen molar-refractivity contribution >= 4 is 61.3 Å². The number of anilines is 2. The zero-order valence-corrected chi connectivity index (χ0v) is 19.3. The largest absolute Gasteiger partial charge is 0.326 e. The van der Waals surface area contributed by atoms with Crippen LogP contribution >= 0.6 is 23.2 Å². The van der Waals surface area contributed by atoms with Crippen LogP contribution in [0.25, 0.3) is 10.8 Å². The predicted molar refractivity (Wildman–Crippen MR) is 128 cm³/mol. The summed E-state index contributed by atoms with van der Waals surface area (Å²) in [5.41, 5.74) is 3.71. The van der Waals surface area contributed by atoms with E-state index in [1.54, 1.807) is 18.2 Å². The highest BCUT2D eigenvalue weighted by atomic mass is 35.5. The second-order valence-corrected chi connectivity index (χ2v) is 10.4. The third-order valence-corrected chi connectivity index (χ3v) is 7.51. The van der Waals surface area contributed by atoms with Crippen LogP contribution in [0.3, 0.4) is 0 Å². The Kier molecular flexibility index (Phi) is 6.15. The van der Waals surface area contributed by atoms with E-state index in [4.69, 9.17) is 23.2 Å². The van der Waals surface area contributed by atoms with Crippen molar-refractivity contribution in [2.45, 2.75) is 25.7 Å². The van der Waals surface area contributed by atoms with Crippen molar-refractivity contribution in [3.63, 3.8) is 0 Å². The quantitative estimate of drug-likeness (QED) is 0.494. The lowest BCUT2D eigenvalue weighted by Gasteiger charge is -2.23. The van der Waals surface area contributed by atoms with Crippen molar-refractivity contribution < 1.29 is 13.2 Å². The molecule has 0 aliphatic heterocycles. The fourth-order valence-electron chi connectivity index (χ4n) is 4.10. The molecule has 0 spiro atoms. The number of benzene rings is 3. The molecule has 0 unspecified atom stereocenters.